The smallest absolute Gasteiger partial charge is 0.338 e. The fourth-order valence-electron chi connectivity index (χ4n) is 3.47. The molecule has 0 saturated carbocycles. The molecule has 0 saturated heterocycles. The van der Waals surface area contributed by atoms with E-state index < -0.39 is 12.0 Å². The molecule has 1 aliphatic heterocycles. The van der Waals surface area contributed by atoms with E-state index in [1.807, 2.05) is 49.4 Å². The number of nitrogens with zero attached hydrogens (tertiary/aromatic N) is 2. The third-order valence-corrected chi connectivity index (χ3v) is 6.22. The number of hydrogen-bond donors (Lipinski definition) is 0. The summed E-state index contributed by atoms with van der Waals surface area (Å²) in [5.74, 6) is -0.510. The number of fused-ring (bicyclic) bond motifs is 1. The summed E-state index contributed by atoms with van der Waals surface area (Å²) in [7, 11) is 1.32. The first kappa shape index (κ1) is 20.3. The SMILES string of the molecule is COC(=O)C1=C(C)N=c2sc(=Cc3ccc(C)cc3)c(=O)n2C1c1ccc(Cl)cc1. The second-order valence-electron chi connectivity index (χ2n) is 7.04. The molecule has 1 aliphatic rings. The Hall–Kier alpha value is -2.96. The number of thiazole rings is 1. The van der Waals surface area contributed by atoms with Crippen LogP contribution in [0, 0.1) is 6.92 Å². The summed E-state index contributed by atoms with van der Waals surface area (Å²) in [4.78, 5) is 31.1. The monoisotopic (exact) mass is 438 g/mol. The van der Waals surface area contributed by atoms with Crippen molar-refractivity contribution in [1.29, 1.82) is 0 Å². The number of carbonyl (C=O) groups is 1. The number of methoxy groups -OCH3 is 1. The number of rotatable bonds is 3. The van der Waals surface area contributed by atoms with Crippen LogP contribution in [0.4, 0.5) is 0 Å². The van der Waals surface area contributed by atoms with Gasteiger partial charge in [0.25, 0.3) is 5.56 Å². The van der Waals surface area contributed by atoms with Gasteiger partial charge in [0.15, 0.2) is 4.80 Å². The lowest BCUT2D eigenvalue weighted by molar-refractivity contribution is -0.136. The third kappa shape index (κ3) is 3.64. The van der Waals surface area contributed by atoms with Crippen LogP contribution in [0.5, 0.6) is 0 Å². The maximum atomic E-state index is 13.4. The summed E-state index contributed by atoms with van der Waals surface area (Å²) in [6.45, 7) is 3.77. The second-order valence-corrected chi connectivity index (χ2v) is 8.48. The standard InChI is InChI=1S/C23H19ClN2O3S/c1-13-4-6-15(7-5-13)12-18-21(27)26-20(16-8-10-17(24)11-9-16)19(22(28)29-3)14(2)25-23(26)30-18/h4-12,20H,1-3H3. The first-order valence-corrected chi connectivity index (χ1v) is 10.5. The summed E-state index contributed by atoms with van der Waals surface area (Å²) in [6, 6.07) is 14.4. The van der Waals surface area contributed by atoms with E-state index >= 15 is 0 Å². The Balaban J connectivity index is 1.96. The first-order chi connectivity index (χ1) is 14.4. The molecule has 2 aromatic carbocycles. The van der Waals surface area contributed by atoms with Gasteiger partial charge >= 0.3 is 5.97 Å². The quantitative estimate of drug-likeness (QED) is 0.589. The summed E-state index contributed by atoms with van der Waals surface area (Å²) >= 11 is 7.35. The average Bonchev–Trinajstić information content (AvgIpc) is 3.03. The fraction of sp³-hybridized carbons (Fsp3) is 0.174. The van der Waals surface area contributed by atoms with E-state index in [0.717, 1.165) is 16.7 Å². The molecule has 1 unspecified atom stereocenters. The predicted molar refractivity (Wildman–Crippen MR) is 118 cm³/mol. The molecule has 0 amide bonds. The van der Waals surface area contributed by atoms with E-state index in [0.29, 0.717) is 25.6 Å². The van der Waals surface area contributed by atoms with Crippen molar-refractivity contribution < 1.29 is 9.53 Å². The van der Waals surface area contributed by atoms with Gasteiger partial charge in [0, 0.05) is 5.02 Å². The molecule has 0 bridgehead atoms. The Morgan fingerprint density at radius 3 is 2.43 bits per heavy atom. The lowest BCUT2D eigenvalue weighted by Crippen LogP contribution is -2.39. The van der Waals surface area contributed by atoms with Crippen molar-refractivity contribution in [3.8, 4) is 0 Å². The van der Waals surface area contributed by atoms with Crippen LogP contribution in [0.2, 0.25) is 5.02 Å². The molecule has 0 fully saturated rings. The van der Waals surface area contributed by atoms with Crippen LogP contribution in [0.3, 0.4) is 0 Å². The molecule has 30 heavy (non-hydrogen) atoms. The van der Waals surface area contributed by atoms with Crippen LogP contribution >= 0.6 is 22.9 Å². The zero-order valence-electron chi connectivity index (χ0n) is 16.7. The van der Waals surface area contributed by atoms with Gasteiger partial charge in [0.2, 0.25) is 0 Å². The van der Waals surface area contributed by atoms with Crippen molar-refractivity contribution in [3.05, 3.63) is 101 Å². The third-order valence-electron chi connectivity index (χ3n) is 4.99. The number of hydrogen-bond acceptors (Lipinski definition) is 5. The zero-order chi connectivity index (χ0) is 21.4. The first-order valence-electron chi connectivity index (χ1n) is 9.32. The summed E-state index contributed by atoms with van der Waals surface area (Å²) in [5.41, 5.74) is 3.51. The molecule has 7 heteroatoms. The predicted octanol–water partition coefficient (Wildman–Crippen LogP) is 3.37. The van der Waals surface area contributed by atoms with Gasteiger partial charge in [0.1, 0.15) is 0 Å². The topological polar surface area (TPSA) is 60.7 Å². The van der Waals surface area contributed by atoms with Gasteiger partial charge in [-0.25, -0.2) is 9.79 Å². The molecule has 4 rings (SSSR count). The molecule has 0 N–H and O–H groups in total. The molecule has 3 aromatic rings. The molecule has 0 radical (unpaired) electrons. The highest BCUT2D eigenvalue weighted by molar-refractivity contribution is 7.07. The van der Waals surface area contributed by atoms with Gasteiger partial charge in [0.05, 0.1) is 29.0 Å². The van der Waals surface area contributed by atoms with E-state index in [-0.39, 0.29) is 5.56 Å². The van der Waals surface area contributed by atoms with E-state index in [9.17, 15) is 9.59 Å². The van der Waals surface area contributed by atoms with Gasteiger partial charge < -0.3 is 4.74 Å². The zero-order valence-corrected chi connectivity index (χ0v) is 18.3. The van der Waals surface area contributed by atoms with Crippen molar-refractivity contribution in [2.75, 3.05) is 7.11 Å². The maximum absolute atomic E-state index is 13.4. The Kier molecular flexibility index (Phi) is 5.45. The Morgan fingerprint density at radius 1 is 1.13 bits per heavy atom. The van der Waals surface area contributed by atoms with E-state index in [1.165, 1.54) is 18.4 Å². The molecule has 0 aliphatic carbocycles. The van der Waals surface area contributed by atoms with Crippen molar-refractivity contribution in [2.24, 2.45) is 4.99 Å². The molecule has 2 heterocycles. The number of aromatic nitrogens is 1. The lowest BCUT2D eigenvalue weighted by atomic mass is 9.96. The number of aryl methyl sites for hydroxylation is 1. The number of benzene rings is 2. The number of allylic oxidation sites excluding steroid dienone is 1. The number of ether oxygens (including phenoxy) is 1. The normalized spacial score (nSPS) is 16.3. The van der Waals surface area contributed by atoms with Gasteiger partial charge in [-0.15, -0.1) is 0 Å². The van der Waals surface area contributed by atoms with Crippen LogP contribution in [0.25, 0.3) is 6.08 Å². The maximum Gasteiger partial charge on any atom is 0.338 e. The molecule has 152 valence electrons. The van der Waals surface area contributed by atoms with Gasteiger partial charge in [-0.1, -0.05) is 64.9 Å². The summed E-state index contributed by atoms with van der Waals surface area (Å²) in [5, 5.41) is 0.575. The van der Waals surface area contributed by atoms with E-state index in [4.69, 9.17) is 16.3 Å². The summed E-state index contributed by atoms with van der Waals surface area (Å²) in [6.07, 6.45) is 1.85. The van der Waals surface area contributed by atoms with Crippen molar-refractivity contribution >= 4 is 35.0 Å². The summed E-state index contributed by atoms with van der Waals surface area (Å²) < 4.78 is 7.12. The molecule has 0 spiro atoms. The van der Waals surface area contributed by atoms with Crippen LogP contribution in [0.15, 0.2) is 69.6 Å². The highest BCUT2D eigenvalue weighted by Crippen LogP contribution is 2.31. The van der Waals surface area contributed by atoms with Crippen molar-refractivity contribution in [3.63, 3.8) is 0 Å². The average molecular weight is 439 g/mol. The van der Waals surface area contributed by atoms with E-state index in [1.54, 1.807) is 23.6 Å². The van der Waals surface area contributed by atoms with Crippen LogP contribution in [-0.4, -0.2) is 17.6 Å². The minimum Gasteiger partial charge on any atom is -0.466 e. The Labute approximate surface area is 182 Å². The van der Waals surface area contributed by atoms with Gasteiger partial charge in [-0.2, -0.15) is 0 Å². The second kappa shape index (κ2) is 8.05. The highest BCUT2D eigenvalue weighted by atomic mass is 35.5. The number of halogens is 1. The molecule has 5 nitrogen and oxygen atoms in total. The van der Waals surface area contributed by atoms with Crippen LogP contribution in [0.1, 0.15) is 29.7 Å². The highest BCUT2D eigenvalue weighted by Gasteiger charge is 2.32. The minimum absolute atomic E-state index is 0.201. The molecule has 1 atom stereocenters. The van der Waals surface area contributed by atoms with Crippen LogP contribution in [-0.2, 0) is 9.53 Å². The van der Waals surface area contributed by atoms with E-state index in [2.05, 4.69) is 4.99 Å². The van der Waals surface area contributed by atoms with Crippen molar-refractivity contribution in [2.45, 2.75) is 19.9 Å². The fourth-order valence-corrected chi connectivity index (χ4v) is 4.64. The Morgan fingerprint density at radius 2 is 1.80 bits per heavy atom. The van der Waals surface area contributed by atoms with Crippen LogP contribution < -0.4 is 14.9 Å². The van der Waals surface area contributed by atoms with Crippen molar-refractivity contribution in [1.82, 2.24) is 4.57 Å². The number of esters is 1. The molecular formula is C23H19ClN2O3S. The largest absolute Gasteiger partial charge is 0.466 e. The molecule has 1 aromatic heterocycles. The van der Waals surface area contributed by atoms with Gasteiger partial charge in [-0.05, 0) is 43.2 Å². The van der Waals surface area contributed by atoms with Gasteiger partial charge in [-0.3, -0.25) is 9.36 Å². The number of carbonyl (C=O) groups excluding carboxylic acids is 1. The lowest BCUT2D eigenvalue weighted by Gasteiger charge is -2.24. The molecular weight excluding hydrogens is 420 g/mol. The Bertz CT molecular complexity index is 1330. The minimum atomic E-state index is -0.633.